The van der Waals surface area contributed by atoms with E-state index in [1.54, 1.807) is 6.07 Å². The Bertz CT molecular complexity index is 393. The first-order chi connectivity index (χ1) is 8.70. The summed E-state index contributed by atoms with van der Waals surface area (Å²) < 4.78 is 13.8. The van der Waals surface area contributed by atoms with E-state index in [0.29, 0.717) is 10.5 Å². The summed E-state index contributed by atoms with van der Waals surface area (Å²) in [6.07, 6.45) is 2.28. The van der Waals surface area contributed by atoms with Crippen LogP contribution in [0.4, 0.5) is 4.39 Å². The Hall–Kier alpha value is -0.0600. The van der Waals surface area contributed by atoms with Gasteiger partial charge in [0, 0.05) is 6.04 Å². The second kappa shape index (κ2) is 6.92. The summed E-state index contributed by atoms with van der Waals surface area (Å²) in [6, 6.07) is 5.86. The van der Waals surface area contributed by atoms with Crippen molar-refractivity contribution in [1.29, 1.82) is 0 Å². The molecule has 18 heavy (non-hydrogen) atoms. The lowest BCUT2D eigenvalue weighted by molar-refractivity contribution is 0.387. The third-order valence-electron chi connectivity index (χ3n) is 3.44. The molecule has 4 heteroatoms. The molecule has 1 aromatic rings. The molecule has 1 heterocycles. The fourth-order valence-electron chi connectivity index (χ4n) is 2.46. The maximum Gasteiger partial charge on any atom is 0.137 e. The van der Waals surface area contributed by atoms with Crippen LogP contribution in [0.5, 0.6) is 0 Å². The minimum Gasteiger partial charge on any atom is -0.314 e. The van der Waals surface area contributed by atoms with Crippen LogP contribution in [0.15, 0.2) is 22.7 Å². The van der Waals surface area contributed by atoms with Gasteiger partial charge >= 0.3 is 0 Å². The van der Waals surface area contributed by atoms with Crippen LogP contribution in [-0.4, -0.2) is 24.1 Å². The minimum atomic E-state index is -0.185. The smallest absolute Gasteiger partial charge is 0.137 e. The van der Waals surface area contributed by atoms with Crippen molar-refractivity contribution in [2.75, 3.05) is 18.1 Å². The number of rotatable bonds is 5. The Kier molecular flexibility index (Phi) is 5.52. The predicted molar refractivity (Wildman–Crippen MR) is 80.7 cm³/mol. The van der Waals surface area contributed by atoms with Gasteiger partial charge in [0.1, 0.15) is 5.82 Å². The highest BCUT2D eigenvalue weighted by molar-refractivity contribution is 9.10. The van der Waals surface area contributed by atoms with Crippen LogP contribution in [-0.2, 0) is 6.42 Å². The Morgan fingerprint density at radius 3 is 3.00 bits per heavy atom. The second-order valence-electron chi connectivity index (χ2n) is 4.74. The van der Waals surface area contributed by atoms with Gasteiger partial charge in [0.15, 0.2) is 0 Å². The molecule has 0 bridgehead atoms. The highest BCUT2D eigenvalue weighted by atomic mass is 79.9. The van der Waals surface area contributed by atoms with Gasteiger partial charge in [0.05, 0.1) is 4.47 Å². The summed E-state index contributed by atoms with van der Waals surface area (Å²) in [5, 5.41) is 3.58. The standard InChI is InChI=1S/C14H19BrFNS/c1-2-17-14(11-5-6-18-9-11)8-10-3-4-13(16)12(15)7-10/h3-4,7,11,14,17H,2,5-6,8-9H2,1H3. The van der Waals surface area contributed by atoms with Crippen molar-refractivity contribution >= 4 is 27.7 Å². The molecule has 1 aliphatic heterocycles. The highest BCUT2D eigenvalue weighted by Gasteiger charge is 2.24. The van der Waals surface area contributed by atoms with E-state index in [2.05, 4.69) is 28.2 Å². The van der Waals surface area contributed by atoms with Crippen molar-refractivity contribution in [3.05, 3.63) is 34.1 Å². The zero-order valence-corrected chi connectivity index (χ0v) is 13.0. The van der Waals surface area contributed by atoms with Crippen LogP contribution in [0.25, 0.3) is 0 Å². The summed E-state index contributed by atoms with van der Waals surface area (Å²) in [6.45, 7) is 3.14. The molecular formula is C14H19BrFNS. The third kappa shape index (κ3) is 3.72. The normalized spacial score (nSPS) is 21.2. The zero-order chi connectivity index (χ0) is 13.0. The zero-order valence-electron chi connectivity index (χ0n) is 10.6. The topological polar surface area (TPSA) is 12.0 Å². The second-order valence-corrected chi connectivity index (χ2v) is 6.74. The molecule has 1 fully saturated rings. The molecule has 1 N–H and O–H groups in total. The molecule has 0 amide bonds. The lowest BCUT2D eigenvalue weighted by Crippen LogP contribution is -2.38. The van der Waals surface area contributed by atoms with Crippen LogP contribution >= 0.6 is 27.7 Å². The molecule has 2 rings (SSSR count). The van der Waals surface area contributed by atoms with Gasteiger partial charge in [-0.3, -0.25) is 0 Å². The first-order valence-electron chi connectivity index (χ1n) is 6.45. The number of hydrogen-bond acceptors (Lipinski definition) is 2. The summed E-state index contributed by atoms with van der Waals surface area (Å²) >= 11 is 5.30. The number of thioether (sulfide) groups is 1. The molecule has 2 atom stereocenters. The number of nitrogens with one attached hydrogen (secondary N) is 1. The van der Waals surface area contributed by atoms with Crippen molar-refractivity contribution in [2.45, 2.75) is 25.8 Å². The Balaban J connectivity index is 2.04. The van der Waals surface area contributed by atoms with Gasteiger partial charge in [-0.1, -0.05) is 13.0 Å². The number of hydrogen-bond donors (Lipinski definition) is 1. The van der Waals surface area contributed by atoms with Crippen molar-refractivity contribution in [3.8, 4) is 0 Å². The molecule has 1 aliphatic rings. The predicted octanol–water partition coefficient (Wildman–Crippen LogP) is 3.86. The molecule has 0 spiro atoms. The number of benzene rings is 1. The van der Waals surface area contributed by atoms with Gasteiger partial charge in [0.25, 0.3) is 0 Å². The number of likely N-dealkylation sites (N-methyl/N-ethyl adjacent to an activating group) is 1. The molecular weight excluding hydrogens is 313 g/mol. The highest BCUT2D eigenvalue weighted by Crippen LogP contribution is 2.28. The molecule has 1 saturated heterocycles. The Morgan fingerprint density at radius 2 is 2.39 bits per heavy atom. The van der Waals surface area contributed by atoms with E-state index in [4.69, 9.17) is 0 Å². The molecule has 1 aromatic carbocycles. The van der Waals surface area contributed by atoms with Crippen molar-refractivity contribution in [1.82, 2.24) is 5.32 Å². The van der Waals surface area contributed by atoms with Crippen LogP contribution in [0, 0.1) is 11.7 Å². The molecule has 0 saturated carbocycles. The quantitative estimate of drug-likeness (QED) is 0.879. The van der Waals surface area contributed by atoms with E-state index >= 15 is 0 Å². The molecule has 1 nitrogen and oxygen atoms in total. The van der Waals surface area contributed by atoms with Crippen molar-refractivity contribution < 1.29 is 4.39 Å². The fourth-order valence-corrected chi connectivity index (χ4v) is 4.22. The van der Waals surface area contributed by atoms with E-state index in [0.717, 1.165) is 18.9 Å². The van der Waals surface area contributed by atoms with Gasteiger partial charge in [0.2, 0.25) is 0 Å². The minimum absolute atomic E-state index is 0.185. The SMILES string of the molecule is CCNC(Cc1ccc(F)c(Br)c1)C1CCSC1. The summed E-state index contributed by atoms with van der Waals surface area (Å²) in [7, 11) is 0. The Labute approximate surface area is 121 Å². The molecule has 100 valence electrons. The van der Waals surface area contributed by atoms with Gasteiger partial charge in [-0.15, -0.1) is 0 Å². The summed E-state index contributed by atoms with van der Waals surface area (Å²) in [5.74, 6) is 3.09. The first-order valence-corrected chi connectivity index (χ1v) is 8.40. The van der Waals surface area contributed by atoms with E-state index in [-0.39, 0.29) is 5.82 Å². The number of halogens is 2. The van der Waals surface area contributed by atoms with E-state index in [1.807, 2.05) is 23.9 Å². The monoisotopic (exact) mass is 331 g/mol. The summed E-state index contributed by atoms with van der Waals surface area (Å²) in [4.78, 5) is 0. The van der Waals surface area contributed by atoms with Crippen LogP contribution in [0.3, 0.4) is 0 Å². The molecule has 0 aromatic heterocycles. The summed E-state index contributed by atoms with van der Waals surface area (Å²) in [5.41, 5.74) is 1.20. The lowest BCUT2D eigenvalue weighted by Gasteiger charge is -2.24. The lowest BCUT2D eigenvalue weighted by atomic mass is 9.93. The average Bonchev–Trinajstić information content (AvgIpc) is 2.87. The third-order valence-corrected chi connectivity index (χ3v) is 5.24. The van der Waals surface area contributed by atoms with E-state index in [9.17, 15) is 4.39 Å². The van der Waals surface area contributed by atoms with Crippen molar-refractivity contribution in [2.24, 2.45) is 5.92 Å². The largest absolute Gasteiger partial charge is 0.314 e. The molecule has 0 radical (unpaired) electrons. The molecule has 2 unspecified atom stereocenters. The van der Waals surface area contributed by atoms with Crippen LogP contribution < -0.4 is 5.32 Å². The Morgan fingerprint density at radius 1 is 1.56 bits per heavy atom. The fraction of sp³-hybridized carbons (Fsp3) is 0.571. The van der Waals surface area contributed by atoms with Crippen molar-refractivity contribution in [3.63, 3.8) is 0 Å². The van der Waals surface area contributed by atoms with Gasteiger partial charge in [-0.05, 0) is 70.4 Å². The van der Waals surface area contributed by atoms with Gasteiger partial charge in [-0.2, -0.15) is 11.8 Å². The van der Waals surface area contributed by atoms with E-state index < -0.39 is 0 Å². The average molecular weight is 332 g/mol. The van der Waals surface area contributed by atoms with Gasteiger partial charge in [-0.25, -0.2) is 4.39 Å². The maximum absolute atomic E-state index is 13.2. The van der Waals surface area contributed by atoms with Crippen LogP contribution in [0.1, 0.15) is 18.9 Å². The van der Waals surface area contributed by atoms with E-state index in [1.165, 1.54) is 23.5 Å². The van der Waals surface area contributed by atoms with Crippen LogP contribution in [0.2, 0.25) is 0 Å². The maximum atomic E-state index is 13.2. The van der Waals surface area contributed by atoms with Gasteiger partial charge < -0.3 is 5.32 Å². The first kappa shape index (κ1) is 14.4. The molecule has 0 aliphatic carbocycles.